The maximum Gasteiger partial charge on any atom is 0.418 e. The molecular weight excluding hydrogens is 345 g/mol. The fraction of sp³-hybridized carbons (Fsp3) is 0.263. The minimum Gasteiger partial charge on any atom is -0.377 e. The summed E-state index contributed by atoms with van der Waals surface area (Å²) in [6, 6.07) is 9.90. The van der Waals surface area contributed by atoms with Crippen LogP contribution in [0.1, 0.15) is 35.1 Å². The molecule has 1 aliphatic heterocycles. The van der Waals surface area contributed by atoms with Crippen molar-refractivity contribution in [2.24, 2.45) is 5.92 Å². The number of alkyl halides is 3. The summed E-state index contributed by atoms with van der Waals surface area (Å²) in [4.78, 5) is 10.6. The molecule has 0 radical (unpaired) electrons. The Morgan fingerprint density at radius 2 is 1.92 bits per heavy atom. The molecule has 4 rings (SSSR count). The van der Waals surface area contributed by atoms with E-state index in [1.54, 1.807) is 18.2 Å². The smallest absolute Gasteiger partial charge is 0.377 e. The summed E-state index contributed by atoms with van der Waals surface area (Å²) in [5.74, 6) is -0.120. The average molecular weight is 360 g/mol. The predicted octanol–water partition coefficient (Wildman–Crippen LogP) is 5.44. The normalized spacial score (nSPS) is 23.9. The lowest BCUT2D eigenvalue weighted by Gasteiger charge is -2.38. The number of nitro benzene ring substituents is 1. The van der Waals surface area contributed by atoms with E-state index in [-0.39, 0.29) is 23.2 Å². The van der Waals surface area contributed by atoms with Crippen molar-refractivity contribution in [3.8, 4) is 0 Å². The van der Waals surface area contributed by atoms with Crippen LogP contribution in [-0.2, 0) is 6.18 Å². The highest BCUT2D eigenvalue weighted by molar-refractivity contribution is 5.65. The van der Waals surface area contributed by atoms with Crippen molar-refractivity contribution in [1.82, 2.24) is 0 Å². The van der Waals surface area contributed by atoms with E-state index in [1.165, 1.54) is 18.2 Å². The highest BCUT2D eigenvalue weighted by Gasteiger charge is 2.43. The number of allylic oxidation sites excluding steroid dienone is 2. The third-order valence-corrected chi connectivity index (χ3v) is 5.14. The number of nitrogens with one attached hydrogen (secondary N) is 1. The molecule has 0 bridgehead atoms. The zero-order chi connectivity index (χ0) is 18.5. The molecule has 7 heteroatoms. The van der Waals surface area contributed by atoms with E-state index in [1.807, 2.05) is 12.2 Å². The van der Waals surface area contributed by atoms with Crippen LogP contribution in [-0.4, -0.2) is 4.92 Å². The van der Waals surface area contributed by atoms with Gasteiger partial charge < -0.3 is 5.32 Å². The molecule has 134 valence electrons. The molecule has 0 aromatic heterocycles. The zero-order valence-electron chi connectivity index (χ0n) is 13.5. The van der Waals surface area contributed by atoms with Crippen LogP contribution in [0.5, 0.6) is 0 Å². The molecule has 3 atom stereocenters. The van der Waals surface area contributed by atoms with Crippen LogP contribution in [0.3, 0.4) is 0 Å². The van der Waals surface area contributed by atoms with Gasteiger partial charge in [0.1, 0.15) is 0 Å². The van der Waals surface area contributed by atoms with Gasteiger partial charge in [0.15, 0.2) is 0 Å². The summed E-state index contributed by atoms with van der Waals surface area (Å²) in [6.45, 7) is 0. The van der Waals surface area contributed by atoms with Crippen LogP contribution in [0.15, 0.2) is 54.6 Å². The van der Waals surface area contributed by atoms with Crippen LogP contribution in [0.4, 0.5) is 24.5 Å². The van der Waals surface area contributed by atoms with Crippen LogP contribution in [0.25, 0.3) is 0 Å². The zero-order valence-corrected chi connectivity index (χ0v) is 13.5. The Labute approximate surface area is 147 Å². The van der Waals surface area contributed by atoms with Crippen molar-refractivity contribution in [2.75, 3.05) is 5.32 Å². The van der Waals surface area contributed by atoms with Crippen LogP contribution in [0.2, 0.25) is 0 Å². The lowest BCUT2D eigenvalue weighted by Crippen LogP contribution is -2.30. The molecule has 2 aromatic rings. The maximum absolute atomic E-state index is 13.5. The topological polar surface area (TPSA) is 55.2 Å². The van der Waals surface area contributed by atoms with Gasteiger partial charge in [0.05, 0.1) is 22.2 Å². The van der Waals surface area contributed by atoms with E-state index in [4.69, 9.17) is 0 Å². The SMILES string of the molecule is O=[N+]([O-])c1cccc([C@H]2Nc3c(cccc3C(F)(F)F)[C@H]3C=CC[C@H]32)c1. The van der Waals surface area contributed by atoms with Crippen molar-refractivity contribution < 1.29 is 18.1 Å². The first kappa shape index (κ1) is 16.6. The third kappa shape index (κ3) is 2.64. The largest absolute Gasteiger partial charge is 0.418 e. The van der Waals surface area contributed by atoms with E-state index in [2.05, 4.69) is 5.32 Å². The Hall–Kier alpha value is -2.83. The number of rotatable bonds is 2. The van der Waals surface area contributed by atoms with Gasteiger partial charge in [0.25, 0.3) is 5.69 Å². The fourth-order valence-corrected chi connectivity index (χ4v) is 4.02. The standard InChI is InChI=1S/C19H15F3N2O2/c20-19(21,22)16-9-3-8-15-13-6-2-7-14(13)17(23-18(15)16)11-4-1-5-12(10-11)24(25)26/h1-6,8-10,13-14,17,23H,7H2/t13-,14+,17+/m0/s1. The van der Waals surface area contributed by atoms with Gasteiger partial charge in [-0.15, -0.1) is 0 Å². The molecule has 26 heavy (non-hydrogen) atoms. The Morgan fingerprint density at radius 1 is 1.15 bits per heavy atom. The molecule has 2 aliphatic rings. The number of fused-ring (bicyclic) bond motifs is 3. The number of anilines is 1. The van der Waals surface area contributed by atoms with E-state index in [9.17, 15) is 23.3 Å². The van der Waals surface area contributed by atoms with Crippen LogP contribution in [0, 0.1) is 16.0 Å². The van der Waals surface area contributed by atoms with Gasteiger partial charge >= 0.3 is 6.18 Å². The van der Waals surface area contributed by atoms with Crippen molar-refractivity contribution in [1.29, 1.82) is 0 Å². The summed E-state index contributed by atoms with van der Waals surface area (Å²) >= 11 is 0. The van der Waals surface area contributed by atoms with E-state index in [0.29, 0.717) is 17.5 Å². The van der Waals surface area contributed by atoms with Gasteiger partial charge in [0, 0.05) is 18.1 Å². The van der Waals surface area contributed by atoms with Crippen LogP contribution >= 0.6 is 0 Å². The quantitative estimate of drug-likeness (QED) is 0.441. The Bertz CT molecular complexity index is 908. The first-order valence-corrected chi connectivity index (χ1v) is 8.24. The number of benzene rings is 2. The summed E-state index contributed by atoms with van der Waals surface area (Å²) < 4.78 is 40.4. The van der Waals surface area contributed by atoms with Gasteiger partial charge in [0.2, 0.25) is 0 Å². The van der Waals surface area contributed by atoms with Gasteiger partial charge in [-0.05, 0) is 29.5 Å². The lowest BCUT2D eigenvalue weighted by atomic mass is 9.76. The van der Waals surface area contributed by atoms with Gasteiger partial charge in [-0.2, -0.15) is 13.2 Å². The second kappa shape index (κ2) is 5.86. The van der Waals surface area contributed by atoms with Crippen molar-refractivity contribution in [2.45, 2.75) is 24.6 Å². The molecule has 4 nitrogen and oxygen atoms in total. The highest BCUT2D eigenvalue weighted by atomic mass is 19.4. The number of hydrogen-bond donors (Lipinski definition) is 1. The first-order chi connectivity index (χ1) is 12.4. The minimum absolute atomic E-state index is 0.0213. The van der Waals surface area contributed by atoms with Gasteiger partial charge in [-0.25, -0.2) is 0 Å². The third-order valence-electron chi connectivity index (χ3n) is 5.14. The minimum atomic E-state index is -4.47. The second-order valence-electron chi connectivity index (χ2n) is 6.60. The molecule has 0 amide bonds. The van der Waals surface area contributed by atoms with E-state index >= 15 is 0 Å². The average Bonchev–Trinajstić information content (AvgIpc) is 3.09. The number of nitro groups is 1. The summed E-state index contributed by atoms with van der Waals surface area (Å²) in [5, 5.41) is 14.1. The van der Waals surface area contributed by atoms with Crippen molar-refractivity contribution >= 4 is 11.4 Å². The molecule has 1 heterocycles. The van der Waals surface area contributed by atoms with Crippen molar-refractivity contribution in [3.05, 3.63) is 81.4 Å². The van der Waals surface area contributed by atoms with E-state index in [0.717, 1.165) is 6.07 Å². The molecule has 1 N–H and O–H groups in total. The predicted molar refractivity (Wildman–Crippen MR) is 90.9 cm³/mol. The molecule has 2 aromatic carbocycles. The van der Waals surface area contributed by atoms with Crippen molar-refractivity contribution in [3.63, 3.8) is 0 Å². The second-order valence-corrected chi connectivity index (χ2v) is 6.60. The Balaban J connectivity index is 1.83. The van der Waals surface area contributed by atoms with E-state index < -0.39 is 22.7 Å². The first-order valence-electron chi connectivity index (χ1n) is 8.24. The number of para-hydroxylation sites is 1. The molecule has 1 aliphatic carbocycles. The summed E-state index contributed by atoms with van der Waals surface area (Å²) in [5.41, 5.74) is 0.552. The fourth-order valence-electron chi connectivity index (χ4n) is 4.02. The maximum atomic E-state index is 13.5. The van der Waals surface area contributed by atoms with Crippen LogP contribution < -0.4 is 5.32 Å². The monoisotopic (exact) mass is 360 g/mol. The summed E-state index contributed by atoms with van der Waals surface area (Å²) in [7, 11) is 0. The molecule has 0 saturated carbocycles. The summed E-state index contributed by atoms with van der Waals surface area (Å²) in [6.07, 6.45) is 0.146. The van der Waals surface area contributed by atoms with Gasteiger partial charge in [-0.3, -0.25) is 10.1 Å². The molecule has 0 saturated heterocycles. The van der Waals surface area contributed by atoms with Gasteiger partial charge in [-0.1, -0.05) is 36.4 Å². The molecule has 0 fully saturated rings. The number of hydrogen-bond acceptors (Lipinski definition) is 3. The lowest BCUT2D eigenvalue weighted by molar-refractivity contribution is -0.384. The molecular formula is C19H15F3N2O2. The number of nitrogens with zero attached hydrogens (tertiary/aromatic N) is 1. The number of halogens is 3. The molecule has 0 spiro atoms. The Kier molecular flexibility index (Phi) is 3.75. The molecule has 0 unspecified atom stereocenters. The highest BCUT2D eigenvalue weighted by Crippen LogP contribution is 2.52. The Morgan fingerprint density at radius 3 is 2.65 bits per heavy atom. The number of non-ortho nitro benzene ring substituents is 1.